The van der Waals surface area contributed by atoms with Gasteiger partial charge in [-0.2, -0.15) is 0 Å². The second-order valence-electron chi connectivity index (χ2n) is 3.69. The maximum absolute atomic E-state index is 11.3. The standard InChI is InChI=1S/C11H20N2O5/c1-4-18-11(16)12-9(14)8-13(2)7-5-6-10(15)17-3/h4-8H2,1-3H3,(H,12,14,16). The Balaban J connectivity index is 3.73. The lowest BCUT2D eigenvalue weighted by Gasteiger charge is -2.15. The zero-order valence-electron chi connectivity index (χ0n) is 11.0. The Morgan fingerprint density at radius 1 is 1.28 bits per heavy atom. The zero-order valence-corrected chi connectivity index (χ0v) is 11.0. The average molecular weight is 260 g/mol. The molecule has 0 unspecified atom stereocenters. The molecule has 0 bridgehead atoms. The summed E-state index contributed by atoms with van der Waals surface area (Å²) in [7, 11) is 3.06. The van der Waals surface area contributed by atoms with Crippen LogP contribution in [-0.4, -0.2) is 56.7 Å². The summed E-state index contributed by atoms with van der Waals surface area (Å²) < 4.78 is 9.07. The summed E-state index contributed by atoms with van der Waals surface area (Å²) in [4.78, 5) is 34.8. The Labute approximate surface area is 106 Å². The lowest BCUT2D eigenvalue weighted by molar-refractivity contribution is -0.140. The van der Waals surface area contributed by atoms with E-state index in [4.69, 9.17) is 0 Å². The highest BCUT2D eigenvalue weighted by molar-refractivity contribution is 5.92. The molecule has 0 fully saturated rings. The van der Waals surface area contributed by atoms with Crippen LogP contribution in [0.2, 0.25) is 0 Å². The number of imide groups is 1. The first-order valence-electron chi connectivity index (χ1n) is 5.71. The molecular formula is C11H20N2O5. The molecule has 0 radical (unpaired) electrons. The van der Waals surface area contributed by atoms with Crippen molar-refractivity contribution in [2.75, 3.05) is 33.9 Å². The van der Waals surface area contributed by atoms with E-state index in [1.54, 1.807) is 18.9 Å². The molecular weight excluding hydrogens is 240 g/mol. The average Bonchev–Trinajstić information content (AvgIpc) is 2.28. The van der Waals surface area contributed by atoms with Gasteiger partial charge in [-0.25, -0.2) is 4.79 Å². The predicted molar refractivity (Wildman–Crippen MR) is 63.9 cm³/mol. The molecule has 0 aliphatic rings. The highest BCUT2D eigenvalue weighted by atomic mass is 16.5. The van der Waals surface area contributed by atoms with Crippen molar-refractivity contribution in [2.24, 2.45) is 0 Å². The Hall–Kier alpha value is -1.63. The molecule has 0 spiro atoms. The summed E-state index contributed by atoms with van der Waals surface area (Å²) in [5.74, 6) is -0.714. The third kappa shape index (κ3) is 8.51. The first-order valence-corrected chi connectivity index (χ1v) is 5.71. The number of methoxy groups -OCH3 is 1. The second-order valence-corrected chi connectivity index (χ2v) is 3.69. The van der Waals surface area contributed by atoms with Gasteiger partial charge in [0.15, 0.2) is 0 Å². The molecule has 0 aromatic rings. The number of likely N-dealkylation sites (N-methyl/N-ethyl adjacent to an activating group) is 1. The Morgan fingerprint density at radius 2 is 1.94 bits per heavy atom. The number of rotatable bonds is 7. The number of nitrogens with zero attached hydrogens (tertiary/aromatic N) is 1. The van der Waals surface area contributed by atoms with Gasteiger partial charge in [-0.15, -0.1) is 0 Å². The predicted octanol–water partition coefficient (Wildman–Crippen LogP) is 0.144. The highest BCUT2D eigenvalue weighted by Crippen LogP contribution is 1.94. The van der Waals surface area contributed by atoms with E-state index in [0.717, 1.165) is 0 Å². The molecule has 0 aliphatic heterocycles. The number of ether oxygens (including phenoxy) is 2. The van der Waals surface area contributed by atoms with Crippen LogP contribution in [0.5, 0.6) is 0 Å². The lowest BCUT2D eigenvalue weighted by Crippen LogP contribution is -2.39. The summed E-state index contributed by atoms with van der Waals surface area (Å²) >= 11 is 0. The smallest absolute Gasteiger partial charge is 0.413 e. The van der Waals surface area contributed by atoms with E-state index in [9.17, 15) is 14.4 Å². The van der Waals surface area contributed by atoms with Crippen LogP contribution in [-0.2, 0) is 19.1 Å². The molecule has 7 nitrogen and oxygen atoms in total. The van der Waals surface area contributed by atoms with E-state index >= 15 is 0 Å². The van der Waals surface area contributed by atoms with Crippen LogP contribution in [0.1, 0.15) is 19.8 Å². The van der Waals surface area contributed by atoms with E-state index in [2.05, 4.69) is 14.8 Å². The maximum Gasteiger partial charge on any atom is 0.413 e. The third-order valence-electron chi connectivity index (χ3n) is 2.08. The van der Waals surface area contributed by atoms with Crippen molar-refractivity contribution in [3.63, 3.8) is 0 Å². The van der Waals surface area contributed by atoms with Crippen LogP contribution in [0.25, 0.3) is 0 Å². The van der Waals surface area contributed by atoms with Gasteiger partial charge in [0, 0.05) is 6.42 Å². The van der Waals surface area contributed by atoms with Crippen molar-refractivity contribution >= 4 is 18.0 Å². The van der Waals surface area contributed by atoms with Crippen LogP contribution >= 0.6 is 0 Å². The van der Waals surface area contributed by atoms with Gasteiger partial charge in [0.05, 0.1) is 20.3 Å². The zero-order chi connectivity index (χ0) is 14.0. The van der Waals surface area contributed by atoms with Crippen molar-refractivity contribution in [1.82, 2.24) is 10.2 Å². The SMILES string of the molecule is CCOC(=O)NC(=O)CN(C)CCCC(=O)OC. The molecule has 0 saturated carbocycles. The van der Waals surface area contributed by atoms with Gasteiger partial charge in [-0.3, -0.25) is 19.8 Å². The van der Waals surface area contributed by atoms with E-state index in [0.29, 0.717) is 19.4 Å². The maximum atomic E-state index is 11.3. The van der Waals surface area contributed by atoms with Gasteiger partial charge >= 0.3 is 12.1 Å². The summed E-state index contributed by atoms with van der Waals surface area (Å²) in [5, 5.41) is 2.09. The van der Waals surface area contributed by atoms with Gasteiger partial charge in [-0.1, -0.05) is 0 Å². The van der Waals surface area contributed by atoms with E-state index in [1.165, 1.54) is 7.11 Å². The number of amides is 2. The van der Waals surface area contributed by atoms with Gasteiger partial charge in [-0.05, 0) is 26.9 Å². The lowest BCUT2D eigenvalue weighted by atomic mass is 10.3. The van der Waals surface area contributed by atoms with Crippen LogP contribution in [0.15, 0.2) is 0 Å². The molecule has 104 valence electrons. The minimum Gasteiger partial charge on any atom is -0.469 e. The van der Waals surface area contributed by atoms with Crippen LogP contribution < -0.4 is 5.32 Å². The van der Waals surface area contributed by atoms with Crippen LogP contribution in [0.3, 0.4) is 0 Å². The van der Waals surface area contributed by atoms with Gasteiger partial charge < -0.3 is 9.47 Å². The van der Waals surface area contributed by atoms with Gasteiger partial charge in [0.1, 0.15) is 0 Å². The first kappa shape index (κ1) is 16.4. The molecule has 18 heavy (non-hydrogen) atoms. The number of hydrogen-bond acceptors (Lipinski definition) is 6. The number of esters is 1. The van der Waals surface area contributed by atoms with E-state index in [1.807, 2.05) is 0 Å². The Kier molecular flexibility index (Phi) is 8.55. The number of hydrogen-bond donors (Lipinski definition) is 1. The number of nitrogens with one attached hydrogen (secondary N) is 1. The summed E-state index contributed by atoms with van der Waals surface area (Å²) in [6, 6.07) is 0. The molecule has 0 heterocycles. The highest BCUT2D eigenvalue weighted by Gasteiger charge is 2.11. The van der Waals surface area contributed by atoms with E-state index < -0.39 is 12.0 Å². The molecule has 2 amide bonds. The normalized spacial score (nSPS) is 10.0. The van der Waals surface area contributed by atoms with Crippen molar-refractivity contribution in [1.29, 1.82) is 0 Å². The monoisotopic (exact) mass is 260 g/mol. The summed E-state index contributed by atoms with van der Waals surface area (Å²) in [6.07, 6.45) is 0.154. The van der Waals surface area contributed by atoms with Crippen LogP contribution in [0.4, 0.5) is 4.79 Å². The van der Waals surface area contributed by atoms with Gasteiger partial charge in [0.2, 0.25) is 5.91 Å². The van der Waals surface area contributed by atoms with Crippen molar-refractivity contribution < 1.29 is 23.9 Å². The number of carbonyl (C=O) groups is 3. The number of carbonyl (C=O) groups excluding carboxylic acids is 3. The Morgan fingerprint density at radius 3 is 2.50 bits per heavy atom. The molecule has 7 heteroatoms. The number of alkyl carbamates (subject to hydrolysis) is 1. The quantitative estimate of drug-likeness (QED) is 0.656. The largest absolute Gasteiger partial charge is 0.469 e. The minimum atomic E-state index is -0.745. The molecule has 1 N–H and O–H groups in total. The van der Waals surface area contributed by atoms with Gasteiger partial charge in [0.25, 0.3) is 0 Å². The summed E-state index contributed by atoms with van der Waals surface area (Å²) in [6.45, 7) is 2.50. The fraction of sp³-hybridized carbons (Fsp3) is 0.727. The van der Waals surface area contributed by atoms with Crippen LogP contribution in [0, 0.1) is 0 Å². The van der Waals surface area contributed by atoms with Crippen molar-refractivity contribution in [2.45, 2.75) is 19.8 Å². The molecule has 0 atom stereocenters. The van der Waals surface area contributed by atoms with E-state index in [-0.39, 0.29) is 19.1 Å². The molecule has 0 rings (SSSR count). The molecule has 0 aromatic carbocycles. The van der Waals surface area contributed by atoms with Crippen molar-refractivity contribution in [3.05, 3.63) is 0 Å². The summed E-state index contributed by atoms with van der Waals surface area (Å²) in [5.41, 5.74) is 0. The Bertz CT molecular complexity index is 293. The topological polar surface area (TPSA) is 84.9 Å². The third-order valence-corrected chi connectivity index (χ3v) is 2.08. The molecule has 0 saturated heterocycles. The second kappa shape index (κ2) is 9.41. The molecule has 0 aliphatic carbocycles. The first-order chi connectivity index (χ1) is 8.49. The minimum absolute atomic E-state index is 0.0694. The fourth-order valence-corrected chi connectivity index (χ4v) is 1.24. The van der Waals surface area contributed by atoms with Crippen molar-refractivity contribution in [3.8, 4) is 0 Å². The fourth-order valence-electron chi connectivity index (χ4n) is 1.24. The molecule has 0 aromatic heterocycles.